The summed E-state index contributed by atoms with van der Waals surface area (Å²) in [6.45, 7) is 11.8. The highest BCUT2D eigenvalue weighted by Gasteiger charge is 2.42. The summed E-state index contributed by atoms with van der Waals surface area (Å²) < 4.78 is 0.204. The minimum atomic E-state index is -0.000168. The molecule has 1 heterocycles. The molecule has 1 saturated heterocycles. The van der Waals surface area contributed by atoms with Crippen LogP contribution in [0.3, 0.4) is 0 Å². The smallest absolute Gasteiger partial charge is 0.241 e. The number of thioether (sulfide) groups is 1. The molecule has 0 aliphatic carbocycles. The second kappa shape index (κ2) is 7.69. The van der Waals surface area contributed by atoms with Crippen LogP contribution in [0.1, 0.15) is 60.3 Å². The molecule has 0 bridgehead atoms. The maximum atomic E-state index is 12.7. The molecule has 0 radical (unpaired) electrons. The van der Waals surface area contributed by atoms with Crippen molar-refractivity contribution in [2.75, 3.05) is 12.8 Å². The first kappa shape index (κ1) is 17.8. The summed E-state index contributed by atoms with van der Waals surface area (Å²) in [4.78, 5) is 14.8. The number of amides is 1. The van der Waals surface area contributed by atoms with Crippen molar-refractivity contribution in [1.82, 2.24) is 10.2 Å². The van der Waals surface area contributed by atoms with Gasteiger partial charge >= 0.3 is 0 Å². The molecule has 1 fully saturated rings. The third kappa shape index (κ3) is 3.70. The van der Waals surface area contributed by atoms with Gasteiger partial charge in [-0.15, -0.1) is 0 Å². The fourth-order valence-corrected chi connectivity index (χ4v) is 3.86. The van der Waals surface area contributed by atoms with Crippen LogP contribution >= 0.6 is 11.8 Å². The minimum absolute atomic E-state index is 0.000168. The third-order valence-corrected chi connectivity index (χ3v) is 6.28. The highest BCUT2D eigenvalue weighted by atomic mass is 32.2. The van der Waals surface area contributed by atoms with Gasteiger partial charge in [-0.25, -0.2) is 0 Å². The van der Waals surface area contributed by atoms with Gasteiger partial charge in [-0.3, -0.25) is 10.1 Å². The van der Waals surface area contributed by atoms with Gasteiger partial charge in [0.1, 0.15) is 0 Å². The van der Waals surface area contributed by atoms with Gasteiger partial charge in [0.25, 0.3) is 0 Å². The third-order valence-electron chi connectivity index (χ3n) is 4.71. The van der Waals surface area contributed by atoms with E-state index in [0.717, 1.165) is 32.2 Å². The normalized spacial score (nSPS) is 23.9. The zero-order valence-electron chi connectivity index (χ0n) is 14.0. The summed E-state index contributed by atoms with van der Waals surface area (Å²) >= 11 is 1.91. The van der Waals surface area contributed by atoms with Gasteiger partial charge in [-0.1, -0.05) is 41.0 Å². The van der Waals surface area contributed by atoms with Crippen LogP contribution in [0.15, 0.2) is 0 Å². The molecule has 0 aromatic carbocycles. The van der Waals surface area contributed by atoms with E-state index in [-0.39, 0.29) is 17.0 Å². The van der Waals surface area contributed by atoms with Gasteiger partial charge in [0.05, 0.1) is 12.2 Å². The molecule has 3 nitrogen and oxygen atoms in total. The van der Waals surface area contributed by atoms with E-state index in [0.29, 0.717) is 11.8 Å². The van der Waals surface area contributed by atoms with Crippen molar-refractivity contribution in [2.24, 2.45) is 5.92 Å². The van der Waals surface area contributed by atoms with Crippen LogP contribution in [0.4, 0.5) is 0 Å². The van der Waals surface area contributed by atoms with Crippen LogP contribution in [0.25, 0.3) is 0 Å². The van der Waals surface area contributed by atoms with Crippen molar-refractivity contribution in [3.8, 4) is 0 Å². The molecular weight excluding hydrogens is 268 g/mol. The number of carbonyl (C=O) groups excluding carboxylic acids is 1. The first-order valence-electron chi connectivity index (χ1n) is 8.06. The Morgan fingerprint density at radius 3 is 2.30 bits per heavy atom. The highest BCUT2D eigenvalue weighted by molar-refractivity contribution is 8.00. The highest BCUT2D eigenvalue weighted by Crippen LogP contribution is 2.34. The second-order valence-electron chi connectivity index (χ2n) is 6.25. The Balaban J connectivity index is 2.90. The minimum Gasteiger partial charge on any atom is -0.324 e. The van der Waals surface area contributed by atoms with Crippen LogP contribution < -0.4 is 5.32 Å². The van der Waals surface area contributed by atoms with Gasteiger partial charge in [-0.2, -0.15) is 11.8 Å². The molecule has 0 saturated carbocycles. The summed E-state index contributed by atoms with van der Waals surface area (Å²) in [7, 11) is 0. The number of hydrogen-bond donors (Lipinski definition) is 1. The molecular formula is C16H32N2OS. The Bertz CT molecular complexity index is 307. The molecule has 118 valence electrons. The first-order valence-corrected chi connectivity index (χ1v) is 9.28. The van der Waals surface area contributed by atoms with Crippen LogP contribution in [-0.2, 0) is 4.79 Å². The van der Waals surface area contributed by atoms with Crippen molar-refractivity contribution in [3.63, 3.8) is 0 Å². The molecule has 0 aromatic rings. The molecule has 1 aliphatic heterocycles. The molecule has 1 rings (SSSR count). The Labute approximate surface area is 129 Å². The Morgan fingerprint density at radius 2 is 1.90 bits per heavy atom. The maximum absolute atomic E-state index is 12.7. The Hall–Kier alpha value is -0.220. The summed E-state index contributed by atoms with van der Waals surface area (Å²) in [5, 5.41) is 3.55. The van der Waals surface area contributed by atoms with E-state index in [9.17, 15) is 4.79 Å². The molecule has 2 atom stereocenters. The standard InChI is InChI=1S/C16H32N2OS/c1-7-10-13-17-14(12(4)5)15(19)18(13)11-16(8-2,9-3)20-6/h12-14,17H,7-11H2,1-6H3. The van der Waals surface area contributed by atoms with Crippen LogP contribution in [0, 0.1) is 5.92 Å². The quantitative estimate of drug-likeness (QED) is 0.745. The Kier molecular flexibility index (Phi) is 6.86. The number of nitrogens with zero attached hydrogens (tertiary/aromatic N) is 1. The number of carbonyl (C=O) groups is 1. The van der Waals surface area contributed by atoms with Crippen LogP contribution in [-0.4, -0.2) is 40.6 Å². The van der Waals surface area contributed by atoms with Crippen LogP contribution in [0.5, 0.6) is 0 Å². The molecule has 4 heteroatoms. The lowest BCUT2D eigenvalue weighted by molar-refractivity contribution is -0.131. The zero-order chi connectivity index (χ0) is 15.3. The number of rotatable bonds is 8. The van der Waals surface area contributed by atoms with E-state index in [2.05, 4.69) is 51.1 Å². The van der Waals surface area contributed by atoms with E-state index < -0.39 is 0 Å². The van der Waals surface area contributed by atoms with Crippen molar-refractivity contribution in [1.29, 1.82) is 0 Å². The molecule has 1 aliphatic rings. The summed E-state index contributed by atoms with van der Waals surface area (Å²) in [6.07, 6.45) is 6.78. The topological polar surface area (TPSA) is 32.3 Å². The van der Waals surface area contributed by atoms with E-state index >= 15 is 0 Å². The second-order valence-corrected chi connectivity index (χ2v) is 7.53. The van der Waals surface area contributed by atoms with Crippen molar-refractivity contribution in [2.45, 2.75) is 77.3 Å². The fraction of sp³-hybridized carbons (Fsp3) is 0.938. The van der Waals surface area contributed by atoms with Crippen molar-refractivity contribution >= 4 is 17.7 Å². The summed E-state index contributed by atoms with van der Waals surface area (Å²) in [6, 6.07) is -0.000168. The number of nitrogens with one attached hydrogen (secondary N) is 1. The average molecular weight is 301 g/mol. The average Bonchev–Trinajstić information content (AvgIpc) is 2.74. The lowest BCUT2D eigenvalue weighted by Gasteiger charge is -2.36. The van der Waals surface area contributed by atoms with Crippen LogP contribution in [0.2, 0.25) is 0 Å². The van der Waals surface area contributed by atoms with Gasteiger partial charge in [0.15, 0.2) is 0 Å². The monoisotopic (exact) mass is 300 g/mol. The van der Waals surface area contributed by atoms with E-state index in [1.807, 2.05) is 11.8 Å². The van der Waals surface area contributed by atoms with E-state index in [1.54, 1.807) is 0 Å². The Morgan fingerprint density at radius 1 is 1.30 bits per heavy atom. The SMILES string of the molecule is CCCC1NC(C(C)C)C(=O)N1CC(CC)(CC)SC. The lowest BCUT2D eigenvalue weighted by atomic mass is 10.00. The predicted molar refractivity (Wildman–Crippen MR) is 89.0 cm³/mol. The van der Waals surface area contributed by atoms with Crippen molar-refractivity contribution in [3.05, 3.63) is 0 Å². The van der Waals surface area contributed by atoms with E-state index in [4.69, 9.17) is 0 Å². The lowest BCUT2D eigenvalue weighted by Crippen LogP contribution is -2.46. The molecule has 0 spiro atoms. The molecule has 20 heavy (non-hydrogen) atoms. The number of hydrogen-bond acceptors (Lipinski definition) is 3. The molecule has 1 amide bonds. The predicted octanol–water partition coefficient (Wildman–Crippen LogP) is 3.49. The fourth-order valence-electron chi connectivity index (χ4n) is 3.02. The first-order chi connectivity index (χ1) is 9.44. The van der Waals surface area contributed by atoms with E-state index in [1.165, 1.54) is 0 Å². The molecule has 1 N–H and O–H groups in total. The van der Waals surface area contributed by atoms with Gasteiger partial charge in [0.2, 0.25) is 5.91 Å². The summed E-state index contributed by atoms with van der Waals surface area (Å²) in [5.74, 6) is 0.664. The van der Waals surface area contributed by atoms with Gasteiger partial charge < -0.3 is 4.90 Å². The van der Waals surface area contributed by atoms with Gasteiger partial charge in [-0.05, 0) is 31.4 Å². The largest absolute Gasteiger partial charge is 0.324 e. The maximum Gasteiger partial charge on any atom is 0.241 e. The van der Waals surface area contributed by atoms with Gasteiger partial charge in [0, 0.05) is 11.3 Å². The zero-order valence-corrected chi connectivity index (χ0v) is 14.8. The molecule has 0 aromatic heterocycles. The molecule has 2 unspecified atom stereocenters. The summed E-state index contributed by atoms with van der Waals surface area (Å²) in [5.41, 5.74) is 0. The van der Waals surface area contributed by atoms with Crippen molar-refractivity contribution < 1.29 is 4.79 Å².